The molecule has 1 fully saturated rings. The molecule has 3 rings (SSSR count). The number of carbonyl (C=O) groups is 1. The number of methoxy groups -OCH3 is 1. The Morgan fingerprint density at radius 2 is 2.04 bits per heavy atom. The molecule has 1 atom stereocenters. The Morgan fingerprint density at radius 3 is 2.74 bits per heavy atom. The predicted molar refractivity (Wildman–Crippen MR) is 89.6 cm³/mol. The minimum Gasteiger partial charge on any atom is -0.497 e. The van der Waals surface area contributed by atoms with E-state index in [4.69, 9.17) is 4.74 Å². The summed E-state index contributed by atoms with van der Waals surface area (Å²) in [6, 6.07) is 9.85. The van der Waals surface area contributed by atoms with Crippen LogP contribution in [0.1, 0.15) is 17.3 Å². The number of benzene rings is 1. The molecule has 1 amide bonds. The average Bonchev–Trinajstić information content (AvgIpc) is 2.62. The van der Waals surface area contributed by atoms with Gasteiger partial charge in [-0.2, -0.15) is 0 Å². The zero-order valence-corrected chi connectivity index (χ0v) is 13.5. The molecule has 0 bridgehead atoms. The van der Waals surface area contributed by atoms with Crippen LogP contribution in [0.3, 0.4) is 0 Å². The molecule has 5 heteroatoms. The van der Waals surface area contributed by atoms with Gasteiger partial charge in [-0.15, -0.1) is 0 Å². The summed E-state index contributed by atoms with van der Waals surface area (Å²) in [7, 11) is 1.64. The molecule has 0 aliphatic carbocycles. The maximum atomic E-state index is 12.7. The summed E-state index contributed by atoms with van der Waals surface area (Å²) < 4.78 is 5.18. The molecule has 23 heavy (non-hydrogen) atoms. The zero-order valence-electron chi connectivity index (χ0n) is 13.5. The molecule has 120 valence electrons. The monoisotopic (exact) mass is 311 g/mol. The van der Waals surface area contributed by atoms with Gasteiger partial charge in [-0.1, -0.05) is 12.1 Å². The van der Waals surface area contributed by atoms with Gasteiger partial charge < -0.3 is 15.0 Å². The quantitative estimate of drug-likeness (QED) is 0.944. The van der Waals surface area contributed by atoms with E-state index in [9.17, 15) is 4.79 Å². The first-order valence-electron chi connectivity index (χ1n) is 7.80. The van der Waals surface area contributed by atoms with E-state index in [1.165, 1.54) is 0 Å². The van der Waals surface area contributed by atoms with Gasteiger partial charge in [-0.25, -0.2) is 0 Å². The van der Waals surface area contributed by atoms with Gasteiger partial charge in [0.1, 0.15) is 5.75 Å². The summed E-state index contributed by atoms with van der Waals surface area (Å²) in [5.41, 5.74) is 2.58. The normalized spacial score (nSPS) is 17.8. The standard InChI is InChI=1S/C18H21N3O2/c1-13-10-19-7-8-21(13)18(22)16-9-15(11-20-12-16)14-3-5-17(23-2)6-4-14/h3-6,9,11-13,19H,7-8,10H2,1-2H3/t13-/m0/s1. The highest BCUT2D eigenvalue weighted by atomic mass is 16.5. The van der Waals surface area contributed by atoms with Crippen molar-refractivity contribution in [3.05, 3.63) is 48.3 Å². The molecule has 2 aromatic rings. The summed E-state index contributed by atoms with van der Waals surface area (Å²) in [6.45, 7) is 4.45. The summed E-state index contributed by atoms with van der Waals surface area (Å²) in [5, 5.41) is 3.30. The topological polar surface area (TPSA) is 54.5 Å². The first-order valence-corrected chi connectivity index (χ1v) is 7.80. The Hall–Kier alpha value is -2.40. The Bertz CT molecular complexity index is 685. The number of piperazine rings is 1. The molecule has 1 saturated heterocycles. The van der Waals surface area contributed by atoms with Crippen LogP contribution in [0.5, 0.6) is 5.75 Å². The number of pyridine rings is 1. The number of aromatic nitrogens is 1. The minimum atomic E-state index is 0.0434. The van der Waals surface area contributed by atoms with Gasteiger partial charge in [0.2, 0.25) is 0 Å². The maximum absolute atomic E-state index is 12.7. The van der Waals surface area contributed by atoms with Crippen molar-refractivity contribution in [3.63, 3.8) is 0 Å². The molecule has 1 aliphatic heterocycles. The zero-order chi connectivity index (χ0) is 16.2. The lowest BCUT2D eigenvalue weighted by atomic mass is 10.0. The molecule has 2 heterocycles. The van der Waals surface area contributed by atoms with Crippen LogP contribution in [0.2, 0.25) is 0 Å². The largest absolute Gasteiger partial charge is 0.497 e. The molecule has 1 aliphatic rings. The van der Waals surface area contributed by atoms with E-state index >= 15 is 0 Å². The van der Waals surface area contributed by atoms with Gasteiger partial charge >= 0.3 is 0 Å². The van der Waals surface area contributed by atoms with E-state index in [0.29, 0.717) is 5.56 Å². The van der Waals surface area contributed by atoms with Gasteiger partial charge in [0.25, 0.3) is 5.91 Å². The number of rotatable bonds is 3. The maximum Gasteiger partial charge on any atom is 0.255 e. The first-order chi connectivity index (χ1) is 11.2. The molecule has 1 aromatic carbocycles. The molecular formula is C18H21N3O2. The fourth-order valence-electron chi connectivity index (χ4n) is 2.81. The number of hydrogen-bond acceptors (Lipinski definition) is 4. The lowest BCUT2D eigenvalue weighted by molar-refractivity contribution is 0.0655. The lowest BCUT2D eigenvalue weighted by Crippen LogP contribution is -2.52. The highest BCUT2D eigenvalue weighted by Gasteiger charge is 2.24. The SMILES string of the molecule is COc1ccc(-c2cncc(C(=O)N3CCNC[C@@H]3C)c2)cc1. The van der Waals surface area contributed by atoms with Crippen LogP contribution in [0.25, 0.3) is 11.1 Å². The second-order valence-electron chi connectivity index (χ2n) is 5.74. The highest BCUT2D eigenvalue weighted by Crippen LogP contribution is 2.23. The summed E-state index contributed by atoms with van der Waals surface area (Å²) in [6.07, 6.45) is 3.42. The fraction of sp³-hybridized carbons (Fsp3) is 0.333. The minimum absolute atomic E-state index is 0.0434. The molecule has 0 spiro atoms. The van der Waals surface area contributed by atoms with Crippen LogP contribution < -0.4 is 10.1 Å². The van der Waals surface area contributed by atoms with E-state index in [0.717, 1.165) is 36.5 Å². The van der Waals surface area contributed by atoms with Crippen molar-refractivity contribution >= 4 is 5.91 Å². The third-order valence-electron chi connectivity index (χ3n) is 4.17. The average molecular weight is 311 g/mol. The molecule has 0 saturated carbocycles. The number of ether oxygens (including phenoxy) is 1. The van der Waals surface area contributed by atoms with Crippen molar-refractivity contribution in [3.8, 4) is 16.9 Å². The van der Waals surface area contributed by atoms with Crippen LogP contribution in [-0.4, -0.2) is 48.6 Å². The van der Waals surface area contributed by atoms with E-state index in [1.807, 2.05) is 35.2 Å². The Labute approximate surface area is 136 Å². The molecule has 5 nitrogen and oxygen atoms in total. The van der Waals surface area contributed by atoms with E-state index < -0.39 is 0 Å². The summed E-state index contributed by atoms with van der Waals surface area (Å²) >= 11 is 0. The molecule has 1 aromatic heterocycles. The molecule has 0 unspecified atom stereocenters. The molecule has 0 radical (unpaired) electrons. The van der Waals surface area contributed by atoms with E-state index in [-0.39, 0.29) is 11.9 Å². The van der Waals surface area contributed by atoms with Crippen molar-refractivity contribution in [1.82, 2.24) is 15.2 Å². The Kier molecular flexibility index (Phi) is 4.57. The van der Waals surface area contributed by atoms with Crippen LogP contribution in [0.15, 0.2) is 42.7 Å². The molecule has 1 N–H and O–H groups in total. The van der Waals surface area contributed by atoms with Crippen molar-refractivity contribution in [2.75, 3.05) is 26.7 Å². The van der Waals surface area contributed by atoms with Crippen molar-refractivity contribution < 1.29 is 9.53 Å². The van der Waals surface area contributed by atoms with Crippen LogP contribution in [0, 0.1) is 0 Å². The smallest absolute Gasteiger partial charge is 0.255 e. The third-order valence-corrected chi connectivity index (χ3v) is 4.17. The van der Waals surface area contributed by atoms with Gasteiger partial charge in [-0.3, -0.25) is 9.78 Å². The molecular weight excluding hydrogens is 290 g/mol. The van der Waals surface area contributed by atoms with E-state index in [1.54, 1.807) is 19.5 Å². The number of hydrogen-bond donors (Lipinski definition) is 1. The summed E-state index contributed by atoms with van der Waals surface area (Å²) in [5.74, 6) is 0.852. The van der Waals surface area contributed by atoms with Crippen LogP contribution in [-0.2, 0) is 0 Å². The highest BCUT2D eigenvalue weighted by molar-refractivity contribution is 5.95. The number of carbonyl (C=O) groups excluding carboxylic acids is 1. The first kappa shape index (κ1) is 15.5. The lowest BCUT2D eigenvalue weighted by Gasteiger charge is -2.34. The van der Waals surface area contributed by atoms with Gasteiger partial charge in [0.15, 0.2) is 0 Å². The Balaban J connectivity index is 1.85. The summed E-state index contributed by atoms with van der Waals surface area (Å²) in [4.78, 5) is 18.9. The van der Waals surface area contributed by atoms with Crippen molar-refractivity contribution in [1.29, 1.82) is 0 Å². The number of amides is 1. The Morgan fingerprint density at radius 1 is 1.26 bits per heavy atom. The third kappa shape index (κ3) is 3.35. The fourth-order valence-corrected chi connectivity index (χ4v) is 2.81. The number of nitrogens with one attached hydrogen (secondary N) is 1. The van der Waals surface area contributed by atoms with E-state index in [2.05, 4.69) is 17.2 Å². The number of nitrogens with zero attached hydrogens (tertiary/aromatic N) is 2. The van der Waals surface area contributed by atoms with Crippen molar-refractivity contribution in [2.45, 2.75) is 13.0 Å². The van der Waals surface area contributed by atoms with Crippen LogP contribution >= 0.6 is 0 Å². The van der Waals surface area contributed by atoms with Gasteiger partial charge in [-0.05, 0) is 30.7 Å². The second-order valence-corrected chi connectivity index (χ2v) is 5.74. The van der Waals surface area contributed by atoms with Crippen LogP contribution in [0.4, 0.5) is 0 Å². The predicted octanol–water partition coefficient (Wildman–Crippen LogP) is 2.19. The van der Waals surface area contributed by atoms with Crippen molar-refractivity contribution in [2.24, 2.45) is 0 Å². The second kappa shape index (κ2) is 6.79. The van der Waals surface area contributed by atoms with Gasteiger partial charge in [0.05, 0.1) is 12.7 Å². The van der Waals surface area contributed by atoms with Gasteiger partial charge in [0, 0.05) is 43.6 Å².